The maximum Gasteiger partial charge on any atom is 0.266 e. The van der Waals surface area contributed by atoms with E-state index in [0.717, 1.165) is 5.56 Å². The average Bonchev–Trinajstić information content (AvgIpc) is 2.57. The van der Waals surface area contributed by atoms with E-state index in [9.17, 15) is 15.2 Å². The molecule has 0 fully saturated rings. The number of carbonyl (C=O) groups is 1. The number of hydrogen-bond acceptors (Lipinski definition) is 4. The number of hydrogen-bond donors (Lipinski definition) is 2. The van der Waals surface area contributed by atoms with Gasteiger partial charge in [0.1, 0.15) is 11.6 Å². The molecule has 5 heteroatoms. The molecule has 24 heavy (non-hydrogen) atoms. The molecule has 122 valence electrons. The Balaban J connectivity index is 2.22. The Kier molecular flexibility index (Phi) is 5.58. The molecule has 2 rings (SSSR count). The zero-order chi connectivity index (χ0) is 17.5. The summed E-state index contributed by atoms with van der Waals surface area (Å²) in [5.74, 6) is -0.175. The molecule has 0 aromatic heterocycles. The van der Waals surface area contributed by atoms with E-state index in [-0.39, 0.29) is 11.3 Å². The van der Waals surface area contributed by atoms with Crippen LogP contribution in [0.4, 0.5) is 5.69 Å². The lowest BCUT2D eigenvalue weighted by atomic mass is 10.1. The minimum atomic E-state index is -0.493. The number of rotatable bonds is 5. The van der Waals surface area contributed by atoms with Crippen molar-refractivity contribution in [3.63, 3.8) is 0 Å². The van der Waals surface area contributed by atoms with Gasteiger partial charge in [-0.15, -0.1) is 0 Å². The summed E-state index contributed by atoms with van der Waals surface area (Å²) >= 11 is 0. The number of benzene rings is 2. The summed E-state index contributed by atoms with van der Waals surface area (Å²) in [6, 6.07) is 13.8. The van der Waals surface area contributed by atoms with Gasteiger partial charge in [0, 0.05) is 5.69 Å². The number of phenolic OH excluding ortho intramolecular Hbond substituents is 1. The van der Waals surface area contributed by atoms with Crippen LogP contribution in [0.25, 0.3) is 6.08 Å². The van der Waals surface area contributed by atoms with E-state index in [0.29, 0.717) is 23.6 Å². The minimum Gasteiger partial charge on any atom is -0.504 e. The van der Waals surface area contributed by atoms with Gasteiger partial charge in [0.2, 0.25) is 0 Å². The highest BCUT2D eigenvalue weighted by atomic mass is 16.5. The van der Waals surface area contributed by atoms with Gasteiger partial charge in [0.05, 0.1) is 6.61 Å². The van der Waals surface area contributed by atoms with Crippen molar-refractivity contribution in [3.05, 3.63) is 59.2 Å². The molecule has 2 aromatic carbocycles. The van der Waals surface area contributed by atoms with Crippen LogP contribution in [0.1, 0.15) is 18.1 Å². The highest BCUT2D eigenvalue weighted by Crippen LogP contribution is 2.27. The van der Waals surface area contributed by atoms with Crippen molar-refractivity contribution in [2.75, 3.05) is 11.9 Å². The molecule has 0 saturated carbocycles. The van der Waals surface area contributed by atoms with Crippen LogP contribution in [0.2, 0.25) is 0 Å². The van der Waals surface area contributed by atoms with Crippen LogP contribution in [0, 0.1) is 18.3 Å². The number of nitriles is 1. The first-order chi connectivity index (χ1) is 11.5. The zero-order valence-electron chi connectivity index (χ0n) is 13.5. The number of nitrogens with one attached hydrogen (secondary N) is 1. The van der Waals surface area contributed by atoms with Crippen molar-refractivity contribution in [2.24, 2.45) is 0 Å². The molecule has 0 aliphatic heterocycles. The first-order valence-electron chi connectivity index (χ1n) is 7.49. The summed E-state index contributed by atoms with van der Waals surface area (Å²) in [6.07, 6.45) is 1.45. The van der Waals surface area contributed by atoms with E-state index in [1.54, 1.807) is 31.2 Å². The lowest BCUT2D eigenvalue weighted by molar-refractivity contribution is -0.112. The number of carbonyl (C=O) groups excluding carboxylic acids is 1. The number of ether oxygens (including phenoxy) is 1. The summed E-state index contributed by atoms with van der Waals surface area (Å²) < 4.78 is 5.30. The molecule has 0 saturated heterocycles. The largest absolute Gasteiger partial charge is 0.504 e. The second kappa shape index (κ2) is 7.84. The summed E-state index contributed by atoms with van der Waals surface area (Å²) in [5.41, 5.74) is 2.25. The van der Waals surface area contributed by atoms with Crippen LogP contribution in [-0.4, -0.2) is 17.6 Å². The fourth-order valence-corrected chi connectivity index (χ4v) is 2.04. The molecule has 0 aliphatic carbocycles. The fraction of sp³-hybridized carbons (Fsp3) is 0.158. The van der Waals surface area contributed by atoms with Crippen LogP contribution in [0.3, 0.4) is 0 Å². The topological polar surface area (TPSA) is 82.3 Å². The van der Waals surface area contributed by atoms with Crippen LogP contribution < -0.4 is 10.1 Å². The van der Waals surface area contributed by atoms with Gasteiger partial charge >= 0.3 is 0 Å². The molecule has 2 N–H and O–H groups in total. The molecular weight excluding hydrogens is 304 g/mol. The van der Waals surface area contributed by atoms with Gasteiger partial charge < -0.3 is 15.2 Å². The Labute approximate surface area is 140 Å². The predicted octanol–water partition coefficient (Wildman–Crippen LogP) is 3.65. The predicted molar refractivity (Wildman–Crippen MR) is 92.7 cm³/mol. The Morgan fingerprint density at radius 1 is 1.29 bits per heavy atom. The summed E-state index contributed by atoms with van der Waals surface area (Å²) in [7, 11) is 0. The Bertz CT molecular complexity index is 802. The van der Waals surface area contributed by atoms with Crippen LogP contribution in [-0.2, 0) is 4.79 Å². The Morgan fingerprint density at radius 2 is 2.00 bits per heavy atom. The zero-order valence-corrected chi connectivity index (χ0v) is 13.5. The molecule has 0 spiro atoms. The lowest BCUT2D eigenvalue weighted by Gasteiger charge is -2.07. The van der Waals surface area contributed by atoms with Gasteiger partial charge in [-0.1, -0.05) is 23.8 Å². The van der Waals surface area contributed by atoms with E-state index in [4.69, 9.17) is 4.74 Å². The normalized spacial score (nSPS) is 10.8. The summed E-state index contributed by atoms with van der Waals surface area (Å²) in [6.45, 7) is 4.16. The molecule has 1 amide bonds. The molecule has 0 bridgehead atoms. The average molecular weight is 322 g/mol. The number of aryl methyl sites for hydroxylation is 1. The number of phenols is 1. The van der Waals surface area contributed by atoms with Crippen LogP contribution in [0.15, 0.2) is 48.0 Å². The molecule has 0 unspecified atom stereocenters. The molecule has 0 radical (unpaired) electrons. The monoisotopic (exact) mass is 322 g/mol. The van der Waals surface area contributed by atoms with Gasteiger partial charge in [0.25, 0.3) is 5.91 Å². The Morgan fingerprint density at radius 3 is 2.62 bits per heavy atom. The van der Waals surface area contributed by atoms with E-state index in [1.165, 1.54) is 12.1 Å². The smallest absolute Gasteiger partial charge is 0.266 e. The third kappa shape index (κ3) is 4.37. The van der Waals surface area contributed by atoms with Crippen molar-refractivity contribution in [2.45, 2.75) is 13.8 Å². The van der Waals surface area contributed by atoms with Crippen molar-refractivity contribution >= 4 is 17.7 Å². The molecule has 2 aromatic rings. The number of nitrogens with zero attached hydrogens (tertiary/aromatic N) is 1. The third-order valence-electron chi connectivity index (χ3n) is 3.27. The second-order valence-corrected chi connectivity index (χ2v) is 5.15. The highest BCUT2D eigenvalue weighted by Gasteiger charge is 2.10. The van der Waals surface area contributed by atoms with Crippen molar-refractivity contribution in [3.8, 4) is 17.6 Å². The summed E-state index contributed by atoms with van der Waals surface area (Å²) in [4.78, 5) is 12.2. The third-order valence-corrected chi connectivity index (χ3v) is 3.27. The molecule has 0 aliphatic rings. The SMILES string of the molecule is CCOc1cc(/C=C(\C#N)C(=O)Nc2ccc(C)cc2)ccc1O. The molecule has 5 nitrogen and oxygen atoms in total. The number of anilines is 1. The second-order valence-electron chi connectivity index (χ2n) is 5.15. The standard InChI is InChI=1S/C19H18N2O3/c1-3-24-18-11-14(6-9-17(18)22)10-15(12-20)19(23)21-16-7-4-13(2)5-8-16/h4-11,22H,3H2,1-2H3,(H,21,23)/b15-10+. The number of amides is 1. The first-order valence-corrected chi connectivity index (χ1v) is 7.49. The van der Waals surface area contributed by atoms with Crippen LogP contribution >= 0.6 is 0 Å². The van der Waals surface area contributed by atoms with E-state index >= 15 is 0 Å². The molecule has 0 atom stereocenters. The van der Waals surface area contributed by atoms with E-state index in [2.05, 4.69) is 5.32 Å². The fourth-order valence-electron chi connectivity index (χ4n) is 2.04. The van der Waals surface area contributed by atoms with Gasteiger partial charge in [-0.25, -0.2) is 0 Å². The van der Waals surface area contributed by atoms with Gasteiger partial charge in [0.15, 0.2) is 11.5 Å². The Hall–Kier alpha value is -3.26. The first kappa shape index (κ1) is 17.1. The highest BCUT2D eigenvalue weighted by molar-refractivity contribution is 6.09. The molecule has 0 heterocycles. The van der Waals surface area contributed by atoms with Gasteiger partial charge in [-0.05, 0) is 49.8 Å². The van der Waals surface area contributed by atoms with Crippen molar-refractivity contribution in [1.29, 1.82) is 5.26 Å². The lowest BCUT2D eigenvalue weighted by Crippen LogP contribution is -2.13. The van der Waals surface area contributed by atoms with Crippen molar-refractivity contribution in [1.82, 2.24) is 0 Å². The molecular formula is C19H18N2O3. The summed E-state index contributed by atoms with van der Waals surface area (Å²) in [5, 5.41) is 21.6. The van der Waals surface area contributed by atoms with Crippen LogP contribution in [0.5, 0.6) is 11.5 Å². The van der Waals surface area contributed by atoms with E-state index < -0.39 is 5.91 Å². The maximum absolute atomic E-state index is 12.2. The van der Waals surface area contributed by atoms with Crippen molar-refractivity contribution < 1.29 is 14.6 Å². The van der Waals surface area contributed by atoms with Gasteiger partial charge in [-0.2, -0.15) is 5.26 Å². The maximum atomic E-state index is 12.2. The van der Waals surface area contributed by atoms with Gasteiger partial charge in [-0.3, -0.25) is 4.79 Å². The van der Waals surface area contributed by atoms with E-state index in [1.807, 2.05) is 25.1 Å². The quantitative estimate of drug-likeness (QED) is 0.650. The number of aromatic hydroxyl groups is 1. The minimum absolute atomic E-state index is 0.0108.